The first-order valence-corrected chi connectivity index (χ1v) is 15.9. The molecule has 10 nitrogen and oxygen atoms in total. The molecule has 2 N–H and O–H groups in total. The van der Waals surface area contributed by atoms with Crippen LogP contribution in [-0.2, 0) is 32.1 Å². The van der Waals surface area contributed by atoms with Crippen LogP contribution in [0, 0.1) is 11.3 Å². The van der Waals surface area contributed by atoms with E-state index >= 15 is 0 Å². The molecule has 0 radical (unpaired) electrons. The van der Waals surface area contributed by atoms with Crippen molar-refractivity contribution in [3.8, 4) is 11.5 Å². The standard InChI is InChI=1S/C35H44N4O6/c1-3-44-34(42)35(20-25-11-12-25)21-26-13-14-30(43-2)31(19-26)45-23-33(41)37-16-18-39(17-6-10-32(40)38-24-35)22-27-7-4-9-29-28(27)8-5-15-36-29/h4-5,7-9,13-15,19,25H,3,6,10-12,16-18,20-24H2,1-2H3,(H,37,41)(H,38,40). The molecule has 45 heavy (non-hydrogen) atoms. The Labute approximate surface area is 264 Å². The minimum atomic E-state index is -0.921. The van der Waals surface area contributed by atoms with Gasteiger partial charge in [-0.2, -0.15) is 0 Å². The number of esters is 1. The highest BCUT2D eigenvalue weighted by atomic mass is 16.5. The summed E-state index contributed by atoms with van der Waals surface area (Å²) in [5.74, 6) is 0.688. The summed E-state index contributed by atoms with van der Waals surface area (Å²) in [5, 5.41) is 7.14. The molecule has 1 atom stereocenters. The van der Waals surface area contributed by atoms with Crippen molar-refractivity contribution in [1.82, 2.24) is 20.5 Å². The van der Waals surface area contributed by atoms with Crippen LogP contribution in [0.15, 0.2) is 54.7 Å². The number of carbonyl (C=O) groups excluding carboxylic acids is 3. The molecule has 0 spiro atoms. The highest BCUT2D eigenvalue weighted by Gasteiger charge is 2.44. The Morgan fingerprint density at radius 2 is 1.96 bits per heavy atom. The number of fused-ring (bicyclic) bond motifs is 3. The lowest BCUT2D eigenvalue weighted by Crippen LogP contribution is -2.46. The Morgan fingerprint density at radius 1 is 1.09 bits per heavy atom. The largest absolute Gasteiger partial charge is 0.493 e. The van der Waals surface area contributed by atoms with E-state index < -0.39 is 5.41 Å². The van der Waals surface area contributed by atoms with Gasteiger partial charge in [-0.3, -0.25) is 24.3 Å². The monoisotopic (exact) mass is 616 g/mol. The number of nitrogens with one attached hydrogen (secondary N) is 2. The lowest BCUT2D eigenvalue weighted by atomic mass is 9.76. The van der Waals surface area contributed by atoms with Gasteiger partial charge in [0.1, 0.15) is 0 Å². The summed E-state index contributed by atoms with van der Waals surface area (Å²) in [4.78, 5) is 46.3. The Hall–Kier alpha value is -4.18. The molecule has 3 aromatic rings. The minimum absolute atomic E-state index is 0.0954. The fourth-order valence-corrected chi connectivity index (χ4v) is 6.11. The summed E-state index contributed by atoms with van der Waals surface area (Å²) in [6, 6.07) is 15.6. The first-order valence-electron chi connectivity index (χ1n) is 15.9. The number of rotatable bonds is 7. The van der Waals surface area contributed by atoms with Gasteiger partial charge in [-0.15, -0.1) is 0 Å². The first kappa shape index (κ1) is 32.2. The van der Waals surface area contributed by atoms with E-state index in [1.807, 2.05) is 30.3 Å². The van der Waals surface area contributed by atoms with Crippen LogP contribution in [0.3, 0.4) is 0 Å². The predicted molar refractivity (Wildman–Crippen MR) is 171 cm³/mol. The number of aromatic nitrogens is 1. The Kier molecular flexibility index (Phi) is 10.9. The van der Waals surface area contributed by atoms with Crippen molar-refractivity contribution in [2.75, 3.05) is 46.5 Å². The van der Waals surface area contributed by atoms with Crippen molar-refractivity contribution < 1.29 is 28.6 Å². The van der Waals surface area contributed by atoms with Crippen LogP contribution in [0.1, 0.15) is 50.2 Å². The van der Waals surface area contributed by atoms with E-state index in [0.29, 0.717) is 69.3 Å². The number of benzene rings is 2. The van der Waals surface area contributed by atoms with Crippen molar-refractivity contribution in [2.24, 2.45) is 11.3 Å². The normalized spacial score (nSPS) is 20.7. The predicted octanol–water partition coefficient (Wildman–Crippen LogP) is 4.04. The molecule has 5 rings (SSSR count). The van der Waals surface area contributed by atoms with Crippen LogP contribution in [0.25, 0.3) is 10.9 Å². The Balaban J connectivity index is 1.39. The summed E-state index contributed by atoms with van der Waals surface area (Å²) in [6.07, 6.45) is 5.85. The van der Waals surface area contributed by atoms with Crippen molar-refractivity contribution in [1.29, 1.82) is 0 Å². The summed E-state index contributed by atoms with van der Waals surface area (Å²) >= 11 is 0. The number of hydrogen-bond donors (Lipinski definition) is 2. The van der Waals surface area contributed by atoms with Crippen molar-refractivity contribution in [3.05, 3.63) is 65.9 Å². The van der Waals surface area contributed by atoms with Crippen molar-refractivity contribution in [3.63, 3.8) is 0 Å². The molecular weight excluding hydrogens is 572 g/mol. The molecule has 240 valence electrons. The topological polar surface area (TPSA) is 119 Å². The number of carbonyl (C=O) groups is 3. The van der Waals surface area contributed by atoms with E-state index in [0.717, 1.165) is 34.9 Å². The molecule has 2 aliphatic rings. The van der Waals surface area contributed by atoms with Gasteiger partial charge in [0.05, 0.1) is 24.6 Å². The van der Waals surface area contributed by atoms with E-state index in [1.165, 1.54) is 0 Å². The number of amides is 2. The van der Waals surface area contributed by atoms with Crippen LogP contribution >= 0.6 is 0 Å². The van der Waals surface area contributed by atoms with Crippen molar-refractivity contribution in [2.45, 2.75) is 52.0 Å². The van der Waals surface area contributed by atoms with E-state index in [9.17, 15) is 14.4 Å². The molecule has 1 fully saturated rings. The fourth-order valence-electron chi connectivity index (χ4n) is 6.11. The average molecular weight is 617 g/mol. The quantitative estimate of drug-likeness (QED) is 0.382. The van der Waals surface area contributed by atoms with Gasteiger partial charge in [0.15, 0.2) is 18.1 Å². The van der Waals surface area contributed by atoms with Crippen LogP contribution in [0.2, 0.25) is 0 Å². The summed E-state index contributed by atoms with van der Waals surface area (Å²) in [5.41, 5.74) is 1.98. The van der Waals surface area contributed by atoms with Gasteiger partial charge >= 0.3 is 5.97 Å². The summed E-state index contributed by atoms with van der Waals surface area (Å²) in [6.45, 7) is 4.40. The first-order chi connectivity index (χ1) is 21.9. The zero-order valence-electron chi connectivity index (χ0n) is 26.3. The molecule has 10 heteroatoms. The second-order valence-electron chi connectivity index (χ2n) is 12.1. The number of ether oxygens (including phenoxy) is 3. The molecular formula is C35H44N4O6. The summed E-state index contributed by atoms with van der Waals surface area (Å²) in [7, 11) is 1.55. The zero-order chi connectivity index (χ0) is 31.6. The highest BCUT2D eigenvalue weighted by Crippen LogP contribution is 2.43. The molecule has 2 amide bonds. The highest BCUT2D eigenvalue weighted by molar-refractivity contribution is 5.82. The molecule has 1 unspecified atom stereocenters. The van der Waals surface area contributed by atoms with Gasteiger partial charge in [-0.1, -0.05) is 37.1 Å². The van der Waals surface area contributed by atoms with Gasteiger partial charge in [-0.25, -0.2) is 0 Å². The van der Waals surface area contributed by atoms with Crippen molar-refractivity contribution >= 4 is 28.7 Å². The van der Waals surface area contributed by atoms with E-state index in [-0.39, 0.29) is 37.5 Å². The average Bonchev–Trinajstić information content (AvgIpc) is 3.86. The van der Waals surface area contributed by atoms with Crippen LogP contribution < -0.4 is 20.1 Å². The zero-order valence-corrected chi connectivity index (χ0v) is 26.3. The van der Waals surface area contributed by atoms with Crippen LogP contribution in [0.5, 0.6) is 11.5 Å². The minimum Gasteiger partial charge on any atom is -0.493 e. The molecule has 1 aliphatic carbocycles. The van der Waals surface area contributed by atoms with E-state index in [1.54, 1.807) is 26.3 Å². The van der Waals surface area contributed by atoms with Gasteiger partial charge in [0, 0.05) is 44.2 Å². The Morgan fingerprint density at radius 3 is 2.76 bits per heavy atom. The van der Waals surface area contributed by atoms with E-state index in [2.05, 4.69) is 32.7 Å². The molecule has 2 bridgehead atoms. The number of methoxy groups -OCH3 is 1. The van der Waals surface area contributed by atoms with Gasteiger partial charge in [-0.05, 0) is 74.0 Å². The van der Waals surface area contributed by atoms with Gasteiger partial charge < -0.3 is 24.8 Å². The molecule has 1 aliphatic heterocycles. The summed E-state index contributed by atoms with van der Waals surface area (Å²) < 4.78 is 17.1. The van der Waals surface area contributed by atoms with Crippen LogP contribution in [-0.4, -0.2) is 74.2 Å². The molecule has 0 saturated heterocycles. The lowest BCUT2D eigenvalue weighted by Gasteiger charge is -2.32. The third kappa shape index (κ3) is 8.72. The maximum atomic E-state index is 13.6. The molecule has 2 aromatic carbocycles. The van der Waals surface area contributed by atoms with Crippen LogP contribution in [0.4, 0.5) is 0 Å². The second-order valence-corrected chi connectivity index (χ2v) is 12.1. The smallest absolute Gasteiger partial charge is 0.314 e. The number of nitrogens with zero attached hydrogens (tertiary/aromatic N) is 2. The molecule has 1 aromatic heterocycles. The van der Waals surface area contributed by atoms with E-state index in [4.69, 9.17) is 14.2 Å². The number of pyridine rings is 1. The maximum Gasteiger partial charge on any atom is 0.314 e. The Bertz CT molecular complexity index is 1490. The molecule has 2 heterocycles. The third-order valence-corrected chi connectivity index (χ3v) is 8.60. The number of hydrogen-bond acceptors (Lipinski definition) is 8. The maximum absolute atomic E-state index is 13.6. The fraction of sp³-hybridized carbons (Fsp3) is 0.486. The second kappa shape index (κ2) is 15.2. The third-order valence-electron chi connectivity index (χ3n) is 8.60. The van der Waals surface area contributed by atoms with Gasteiger partial charge in [0.2, 0.25) is 5.91 Å². The molecule has 1 saturated carbocycles. The van der Waals surface area contributed by atoms with Gasteiger partial charge in [0.25, 0.3) is 5.91 Å². The lowest BCUT2D eigenvalue weighted by molar-refractivity contribution is -0.156. The SMILES string of the molecule is CCOC(=O)C1(CC2CC2)CNC(=O)CCCN(Cc2cccc3ncccc23)CCNC(=O)COc2cc(ccc2OC)C1.